The number of amides is 1. The van der Waals surface area contributed by atoms with Crippen LogP contribution in [0.25, 0.3) is 0 Å². The van der Waals surface area contributed by atoms with Gasteiger partial charge in [0.2, 0.25) is 5.91 Å². The zero-order chi connectivity index (χ0) is 20.1. The lowest BCUT2D eigenvalue weighted by molar-refractivity contribution is -0.122. The number of rotatable bonds is 6. The molecule has 1 unspecified atom stereocenters. The van der Waals surface area contributed by atoms with E-state index in [0.717, 1.165) is 16.7 Å². The summed E-state index contributed by atoms with van der Waals surface area (Å²) < 4.78 is 23.3. The summed E-state index contributed by atoms with van der Waals surface area (Å²) in [6, 6.07) is 25.7. The molecule has 3 aromatic carbocycles. The molecule has 1 N–H and O–H groups in total. The molecule has 0 aliphatic heterocycles. The zero-order valence-corrected chi connectivity index (χ0v) is 16.7. The molecule has 0 aliphatic carbocycles. The van der Waals surface area contributed by atoms with E-state index in [9.17, 15) is 13.2 Å². The minimum absolute atomic E-state index is 0.0999. The zero-order valence-electron chi connectivity index (χ0n) is 15.9. The van der Waals surface area contributed by atoms with Crippen LogP contribution in [0.5, 0.6) is 0 Å². The van der Waals surface area contributed by atoms with E-state index in [2.05, 4.69) is 5.32 Å². The van der Waals surface area contributed by atoms with E-state index in [1.807, 2.05) is 67.6 Å². The molecule has 3 rings (SSSR count). The Hall–Kier alpha value is -2.92. The third kappa shape index (κ3) is 4.67. The van der Waals surface area contributed by atoms with Gasteiger partial charge in [0.05, 0.1) is 16.9 Å². The molecule has 0 saturated carbocycles. The van der Waals surface area contributed by atoms with Gasteiger partial charge in [0.25, 0.3) is 0 Å². The average Bonchev–Trinajstić information content (AvgIpc) is 2.69. The summed E-state index contributed by atoms with van der Waals surface area (Å²) in [7, 11) is -3.24. The SMILES string of the molecule is CC(NC(=O)C(c1ccccc1)c1ccccc1)c1ccc(S(C)(=O)=O)cc1. The van der Waals surface area contributed by atoms with Gasteiger partial charge in [-0.15, -0.1) is 0 Å². The van der Waals surface area contributed by atoms with Crippen molar-refractivity contribution in [3.8, 4) is 0 Å². The molecular weight excluding hydrogens is 370 g/mol. The van der Waals surface area contributed by atoms with Gasteiger partial charge in [-0.1, -0.05) is 72.8 Å². The molecule has 4 nitrogen and oxygen atoms in total. The first-order valence-electron chi connectivity index (χ1n) is 9.06. The van der Waals surface area contributed by atoms with E-state index in [1.54, 1.807) is 24.3 Å². The highest BCUT2D eigenvalue weighted by Crippen LogP contribution is 2.26. The van der Waals surface area contributed by atoms with Gasteiger partial charge >= 0.3 is 0 Å². The number of benzene rings is 3. The van der Waals surface area contributed by atoms with Crippen LogP contribution in [-0.4, -0.2) is 20.6 Å². The Bertz CT molecular complexity index is 991. The van der Waals surface area contributed by atoms with Crippen molar-refractivity contribution in [3.05, 3.63) is 102 Å². The summed E-state index contributed by atoms with van der Waals surface area (Å²) in [6.07, 6.45) is 1.18. The Morgan fingerprint density at radius 1 is 0.750 bits per heavy atom. The molecule has 0 fully saturated rings. The van der Waals surface area contributed by atoms with E-state index in [1.165, 1.54) is 6.26 Å². The normalized spacial score (nSPS) is 12.5. The second-order valence-electron chi connectivity index (χ2n) is 6.83. The smallest absolute Gasteiger partial charge is 0.232 e. The summed E-state index contributed by atoms with van der Waals surface area (Å²) in [6.45, 7) is 1.89. The summed E-state index contributed by atoms with van der Waals surface area (Å²) in [5.41, 5.74) is 2.69. The fourth-order valence-corrected chi connectivity index (χ4v) is 3.80. The van der Waals surface area contributed by atoms with Gasteiger partial charge in [-0.2, -0.15) is 0 Å². The van der Waals surface area contributed by atoms with Crippen LogP contribution in [-0.2, 0) is 14.6 Å². The molecule has 0 aromatic heterocycles. The van der Waals surface area contributed by atoms with E-state index in [-0.39, 0.29) is 16.8 Å². The number of hydrogen-bond acceptors (Lipinski definition) is 3. The molecule has 0 bridgehead atoms. The summed E-state index contributed by atoms with van der Waals surface area (Å²) in [5.74, 6) is -0.516. The molecule has 3 aromatic rings. The van der Waals surface area contributed by atoms with Gasteiger partial charge in [-0.25, -0.2) is 8.42 Å². The maximum Gasteiger partial charge on any atom is 0.232 e. The van der Waals surface area contributed by atoms with Crippen molar-refractivity contribution in [2.24, 2.45) is 0 Å². The van der Waals surface area contributed by atoms with Crippen molar-refractivity contribution in [2.45, 2.75) is 23.8 Å². The summed E-state index contributed by atoms with van der Waals surface area (Å²) in [4.78, 5) is 13.4. The molecule has 5 heteroatoms. The van der Waals surface area contributed by atoms with Crippen molar-refractivity contribution in [1.82, 2.24) is 5.32 Å². The first-order valence-corrected chi connectivity index (χ1v) is 11.0. The Kier molecular flexibility index (Phi) is 5.95. The van der Waals surface area contributed by atoms with Gasteiger partial charge in [0.15, 0.2) is 9.84 Å². The number of carbonyl (C=O) groups is 1. The number of sulfone groups is 1. The third-order valence-corrected chi connectivity index (χ3v) is 5.82. The van der Waals surface area contributed by atoms with Crippen LogP contribution >= 0.6 is 0 Å². The van der Waals surface area contributed by atoms with E-state index in [4.69, 9.17) is 0 Å². The van der Waals surface area contributed by atoms with Gasteiger partial charge in [-0.05, 0) is 35.7 Å². The van der Waals surface area contributed by atoms with Gasteiger partial charge in [-0.3, -0.25) is 4.79 Å². The van der Waals surface area contributed by atoms with Crippen molar-refractivity contribution in [1.29, 1.82) is 0 Å². The lowest BCUT2D eigenvalue weighted by Gasteiger charge is -2.21. The van der Waals surface area contributed by atoms with E-state index in [0.29, 0.717) is 0 Å². The van der Waals surface area contributed by atoms with Gasteiger partial charge in [0, 0.05) is 6.26 Å². The van der Waals surface area contributed by atoms with Crippen molar-refractivity contribution in [3.63, 3.8) is 0 Å². The first kappa shape index (κ1) is 19.8. The molecule has 1 atom stereocenters. The Balaban J connectivity index is 1.84. The van der Waals surface area contributed by atoms with Crippen LogP contribution in [0.3, 0.4) is 0 Å². The highest BCUT2D eigenvalue weighted by atomic mass is 32.2. The van der Waals surface area contributed by atoms with Crippen LogP contribution < -0.4 is 5.32 Å². The number of carbonyl (C=O) groups excluding carboxylic acids is 1. The monoisotopic (exact) mass is 393 g/mol. The summed E-state index contributed by atoms with van der Waals surface area (Å²) in [5, 5.41) is 3.06. The minimum Gasteiger partial charge on any atom is -0.349 e. The fourth-order valence-electron chi connectivity index (χ4n) is 3.17. The Morgan fingerprint density at radius 2 is 1.21 bits per heavy atom. The molecule has 1 amide bonds. The predicted molar refractivity (Wildman–Crippen MR) is 111 cm³/mol. The minimum atomic E-state index is -3.24. The lowest BCUT2D eigenvalue weighted by Crippen LogP contribution is -2.32. The number of hydrogen-bond donors (Lipinski definition) is 1. The second-order valence-corrected chi connectivity index (χ2v) is 8.84. The maximum absolute atomic E-state index is 13.1. The molecular formula is C23H23NO3S. The lowest BCUT2D eigenvalue weighted by atomic mass is 9.90. The van der Waals surface area contributed by atoms with Crippen molar-refractivity contribution in [2.75, 3.05) is 6.26 Å². The molecule has 0 aliphatic rings. The molecule has 28 heavy (non-hydrogen) atoms. The highest BCUT2D eigenvalue weighted by Gasteiger charge is 2.24. The van der Waals surface area contributed by atoms with Crippen LogP contribution in [0.4, 0.5) is 0 Å². The first-order chi connectivity index (χ1) is 13.4. The highest BCUT2D eigenvalue weighted by molar-refractivity contribution is 7.90. The van der Waals surface area contributed by atoms with Crippen molar-refractivity contribution >= 4 is 15.7 Å². The Morgan fingerprint density at radius 3 is 1.64 bits per heavy atom. The van der Waals surface area contributed by atoms with E-state index < -0.39 is 15.8 Å². The maximum atomic E-state index is 13.1. The number of nitrogens with one attached hydrogen (secondary N) is 1. The quantitative estimate of drug-likeness (QED) is 0.686. The van der Waals surface area contributed by atoms with Crippen LogP contribution in [0.1, 0.15) is 35.6 Å². The Labute approximate surface area is 166 Å². The van der Waals surface area contributed by atoms with Crippen LogP contribution in [0.2, 0.25) is 0 Å². The summed E-state index contributed by atoms with van der Waals surface area (Å²) >= 11 is 0. The van der Waals surface area contributed by atoms with Crippen molar-refractivity contribution < 1.29 is 13.2 Å². The molecule has 0 heterocycles. The molecule has 0 spiro atoms. The molecule has 144 valence electrons. The molecule has 0 radical (unpaired) electrons. The van der Waals surface area contributed by atoms with Gasteiger partial charge in [0.1, 0.15) is 0 Å². The topological polar surface area (TPSA) is 63.2 Å². The fraction of sp³-hybridized carbons (Fsp3) is 0.174. The largest absolute Gasteiger partial charge is 0.349 e. The predicted octanol–water partition coefficient (Wildman–Crippen LogP) is 4.10. The molecule has 0 saturated heterocycles. The standard InChI is InChI=1S/C23H23NO3S/c1-17(18-13-15-21(16-14-18)28(2,26)27)24-23(25)22(19-9-5-3-6-10-19)20-11-7-4-8-12-20/h3-17,22H,1-2H3,(H,24,25). The van der Waals surface area contributed by atoms with Crippen LogP contribution in [0.15, 0.2) is 89.8 Å². The average molecular weight is 394 g/mol. The van der Waals surface area contributed by atoms with Gasteiger partial charge < -0.3 is 5.32 Å². The second kappa shape index (κ2) is 8.40. The third-order valence-electron chi connectivity index (χ3n) is 4.70. The van der Waals surface area contributed by atoms with E-state index >= 15 is 0 Å². The van der Waals surface area contributed by atoms with Crippen LogP contribution in [0, 0.1) is 0 Å².